The second-order valence-electron chi connectivity index (χ2n) is 4.32. The van der Waals surface area contributed by atoms with Crippen molar-refractivity contribution in [3.63, 3.8) is 0 Å². The monoisotopic (exact) mass is 259 g/mol. The molecule has 0 aliphatic carbocycles. The third kappa shape index (κ3) is 3.13. The van der Waals surface area contributed by atoms with E-state index in [0.717, 1.165) is 34.9 Å². The van der Waals surface area contributed by atoms with Crippen LogP contribution in [0, 0.1) is 5.41 Å². The summed E-state index contributed by atoms with van der Waals surface area (Å²) in [5, 5.41) is 1.52. The first kappa shape index (κ1) is 13.8. The standard InChI is InChI=1S/C13H19Cl2N/c1-3-13(4-2,9-16)8-10-7-11(14)5-6-12(10)15/h5-7H,3-4,8-9,16H2,1-2H3. The smallest absolute Gasteiger partial charge is 0.0439 e. The molecule has 0 unspecified atom stereocenters. The Bertz CT molecular complexity index is 338. The molecule has 0 amide bonds. The van der Waals surface area contributed by atoms with Crippen LogP contribution in [0.1, 0.15) is 32.3 Å². The third-order valence-corrected chi connectivity index (χ3v) is 4.11. The van der Waals surface area contributed by atoms with Crippen molar-refractivity contribution < 1.29 is 0 Å². The first-order valence-electron chi connectivity index (χ1n) is 5.71. The molecule has 2 N–H and O–H groups in total. The van der Waals surface area contributed by atoms with Crippen LogP contribution in [0.25, 0.3) is 0 Å². The topological polar surface area (TPSA) is 26.0 Å². The van der Waals surface area contributed by atoms with Gasteiger partial charge in [-0.15, -0.1) is 0 Å². The van der Waals surface area contributed by atoms with Gasteiger partial charge in [0.15, 0.2) is 0 Å². The summed E-state index contributed by atoms with van der Waals surface area (Å²) in [6, 6.07) is 5.61. The number of halogens is 2. The van der Waals surface area contributed by atoms with Gasteiger partial charge >= 0.3 is 0 Å². The predicted octanol–water partition coefficient (Wildman–Crippen LogP) is 4.30. The van der Waals surface area contributed by atoms with Crippen LogP contribution in [-0.4, -0.2) is 6.54 Å². The van der Waals surface area contributed by atoms with Crippen molar-refractivity contribution in [3.05, 3.63) is 33.8 Å². The zero-order valence-corrected chi connectivity index (χ0v) is 11.4. The van der Waals surface area contributed by atoms with E-state index < -0.39 is 0 Å². The molecule has 0 aromatic heterocycles. The Morgan fingerprint density at radius 2 is 1.81 bits per heavy atom. The van der Waals surface area contributed by atoms with E-state index in [1.54, 1.807) is 0 Å². The Morgan fingerprint density at radius 1 is 1.19 bits per heavy atom. The van der Waals surface area contributed by atoms with Crippen LogP contribution in [0.15, 0.2) is 18.2 Å². The minimum atomic E-state index is 0.147. The van der Waals surface area contributed by atoms with E-state index in [2.05, 4.69) is 13.8 Å². The lowest BCUT2D eigenvalue weighted by atomic mass is 9.77. The van der Waals surface area contributed by atoms with Crippen molar-refractivity contribution in [1.82, 2.24) is 0 Å². The molecule has 0 aliphatic heterocycles. The van der Waals surface area contributed by atoms with E-state index >= 15 is 0 Å². The lowest BCUT2D eigenvalue weighted by Crippen LogP contribution is -2.31. The fraction of sp³-hybridized carbons (Fsp3) is 0.538. The van der Waals surface area contributed by atoms with Crippen LogP contribution in [0.5, 0.6) is 0 Å². The minimum absolute atomic E-state index is 0.147. The van der Waals surface area contributed by atoms with E-state index in [-0.39, 0.29) is 5.41 Å². The van der Waals surface area contributed by atoms with Crippen molar-refractivity contribution in [2.45, 2.75) is 33.1 Å². The highest BCUT2D eigenvalue weighted by Crippen LogP contribution is 2.33. The molecular formula is C13H19Cl2N. The molecule has 0 saturated carbocycles. The van der Waals surface area contributed by atoms with E-state index in [9.17, 15) is 0 Å². The Kier molecular flexibility index (Phi) is 5.10. The second kappa shape index (κ2) is 5.90. The molecule has 1 nitrogen and oxygen atoms in total. The summed E-state index contributed by atoms with van der Waals surface area (Å²) in [6.07, 6.45) is 3.02. The molecule has 1 aromatic carbocycles. The van der Waals surface area contributed by atoms with Crippen molar-refractivity contribution in [2.24, 2.45) is 11.1 Å². The highest BCUT2D eigenvalue weighted by molar-refractivity contribution is 6.33. The largest absolute Gasteiger partial charge is 0.330 e. The molecule has 1 aromatic rings. The molecule has 0 saturated heterocycles. The van der Waals surface area contributed by atoms with E-state index in [4.69, 9.17) is 28.9 Å². The van der Waals surface area contributed by atoms with Gasteiger partial charge in [0, 0.05) is 10.0 Å². The van der Waals surface area contributed by atoms with Gasteiger partial charge in [-0.2, -0.15) is 0 Å². The molecule has 0 atom stereocenters. The van der Waals surface area contributed by atoms with Crippen molar-refractivity contribution >= 4 is 23.2 Å². The first-order valence-corrected chi connectivity index (χ1v) is 6.46. The zero-order chi connectivity index (χ0) is 12.2. The maximum absolute atomic E-state index is 6.17. The Morgan fingerprint density at radius 3 is 2.31 bits per heavy atom. The summed E-state index contributed by atoms with van der Waals surface area (Å²) in [7, 11) is 0. The highest BCUT2D eigenvalue weighted by Gasteiger charge is 2.25. The third-order valence-electron chi connectivity index (χ3n) is 3.51. The quantitative estimate of drug-likeness (QED) is 0.839. The second-order valence-corrected chi connectivity index (χ2v) is 5.17. The summed E-state index contributed by atoms with van der Waals surface area (Å²) < 4.78 is 0. The van der Waals surface area contributed by atoms with E-state index in [0.29, 0.717) is 6.54 Å². The van der Waals surface area contributed by atoms with E-state index in [1.165, 1.54) is 0 Å². The van der Waals surface area contributed by atoms with Gasteiger partial charge < -0.3 is 5.73 Å². The molecule has 0 radical (unpaired) electrons. The molecule has 0 fully saturated rings. The van der Waals surface area contributed by atoms with Crippen molar-refractivity contribution in [1.29, 1.82) is 0 Å². The summed E-state index contributed by atoms with van der Waals surface area (Å²) in [6.45, 7) is 5.03. The average Bonchev–Trinajstić information content (AvgIpc) is 2.31. The van der Waals surface area contributed by atoms with Crippen LogP contribution in [0.3, 0.4) is 0 Å². The van der Waals surface area contributed by atoms with Gasteiger partial charge in [-0.05, 0) is 55.0 Å². The van der Waals surface area contributed by atoms with Gasteiger partial charge in [-0.1, -0.05) is 37.0 Å². The predicted molar refractivity (Wildman–Crippen MR) is 72.2 cm³/mol. The minimum Gasteiger partial charge on any atom is -0.330 e. The maximum Gasteiger partial charge on any atom is 0.0439 e. The summed E-state index contributed by atoms with van der Waals surface area (Å²) >= 11 is 12.2. The number of nitrogens with two attached hydrogens (primary N) is 1. The SMILES string of the molecule is CCC(CC)(CN)Cc1cc(Cl)ccc1Cl. The van der Waals surface area contributed by atoms with Gasteiger partial charge in [0.25, 0.3) is 0 Å². The molecule has 3 heteroatoms. The molecule has 0 spiro atoms. The summed E-state index contributed by atoms with van der Waals surface area (Å²) in [5.74, 6) is 0. The normalized spacial score (nSPS) is 11.8. The average molecular weight is 260 g/mol. The van der Waals surface area contributed by atoms with Crippen LogP contribution in [-0.2, 0) is 6.42 Å². The number of benzene rings is 1. The molecule has 90 valence electrons. The Labute approximate surface area is 108 Å². The Balaban J connectivity index is 2.97. The van der Waals surface area contributed by atoms with Gasteiger partial charge in [0.2, 0.25) is 0 Å². The molecule has 16 heavy (non-hydrogen) atoms. The molecule has 0 heterocycles. The molecular weight excluding hydrogens is 241 g/mol. The fourth-order valence-electron chi connectivity index (χ4n) is 1.94. The van der Waals surface area contributed by atoms with Crippen LogP contribution in [0.2, 0.25) is 10.0 Å². The van der Waals surface area contributed by atoms with Crippen molar-refractivity contribution in [3.8, 4) is 0 Å². The van der Waals surface area contributed by atoms with Crippen molar-refractivity contribution in [2.75, 3.05) is 6.54 Å². The maximum atomic E-state index is 6.17. The summed E-state index contributed by atoms with van der Waals surface area (Å²) in [5.41, 5.74) is 7.14. The van der Waals surface area contributed by atoms with Crippen LogP contribution >= 0.6 is 23.2 Å². The molecule has 1 rings (SSSR count). The van der Waals surface area contributed by atoms with Gasteiger partial charge in [0.1, 0.15) is 0 Å². The van der Waals surface area contributed by atoms with Crippen LogP contribution in [0.4, 0.5) is 0 Å². The van der Waals surface area contributed by atoms with Gasteiger partial charge in [-0.3, -0.25) is 0 Å². The number of hydrogen-bond acceptors (Lipinski definition) is 1. The Hall–Kier alpha value is -0.240. The van der Waals surface area contributed by atoms with Crippen LogP contribution < -0.4 is 5.73 Å². The number of rotatable bonds is 5. The zero-order valence-electron chi connectivity index (χ0n) is 9.89. The fourth-order valence-corrected chi connectivity index (χ4v) is 2.32. The lowest BCUT2D eigenvalue weighted by Gasteiger charge is -2.30. The first-order chi connectivity index (χ1) is 7.56. The van der Waals surface area contributed by atoms with E-state index in [1.807, 2.05) is 18.2 Å². The number of hydrogen-bond donors (Lipinski definition) is 1. The molecule has 0 aliphatic rings. The highest BCUT2D eigenvalue weighted by atomic mass is 35.5. The van der Waals surface area contributed by atoms with Gasteiger partial charge in [-0.25, -0.2) is 0 Å². The lowest BCUT2D eigenvalue weighted by molar-refractivity contribution is 0.271. The summed E-state index contributed by atoms with van der Waals surface area (Å²) in [4.78, 5) is 0. The molecule has 0 bridgehead atoms. The van der Waals surface area contributed by atoms with Gasteiger partial charge in [0.05, 0.1) is 0 Å².